The number of rotatable bonds is 8. The van der Waals surface area contributed by atoms with Gasteiger partial charge in [0.05, 0.1) is 14.2 Å². The third-order valence-electron chi connectivity index (χ3n) is 4.93. The second-order valence-electron chi connectivity index (χ2n) is 6.59. The van der Waals surface area contributed by atoms with E-state index < -0.39 is 5.41 Å². The van der Waals surface area contributed by atoms with Gasteiger partial charge < -0.3 is 13.9 Å². The molecule has 1 atom stereocenters. The normalized spacial score (nSPS) is 12.8. The topological polar surface area (TPSA) is 48.7 Å². The minimum absolute atomic E-state index is 0.0606. The van der Waals surface area contributed by atoms with E-state index in [4.69, 9.17) is 13.9 Å². The SMILES string of the molecule is C=CCC(C(=O)c1ccc(OC)cc1)(c1ccc(OC)cc1)c1ccc(C)o1. The Balaban J connectivity index is 2.21. The first-order valence-electron chi connectivity index (χ1n) is 9.06. The van der Waals surface area contributed by atoms with E-state index in [0.717, 1.165) is 17.1 Å². The zero-order chi connectivity index (χ0) is 20.1. The van der Waals surface area contributed by atoms with Crippen molar-refractivity contribution in [3.63, 3.8) is 0 Å². The van der Waals surface area contributed by atoms with Gasteiger partial charge in [-0.05, 0) is 67.4 Å². The van der Waals surface area contributed by atoms with Crippen LogP contribution in [0.2, 0.25) is 0 Å². The Labute approximate surface area is 165 Å². The van der Waals surface area contributed by atoms with Gasteiger partial charge in [0.2, 0.25) is 0 Å². The van der Waals surface area contributed by atoms with Gasteiger partial charge in [-0.15, -0.1) is 6.58 Å². The molecule has 0 aliphatic heterocycles. The number of carbonyl (C=O) groups is 1. The Bertz CT molecular complexity index is 951. The van der Waals surface area contributed by atoms with Gasteiger partial charge >= 0.3 is 0 Å². The summed E-state index contributed by atoms with van der Waals surface area (Å²) in [6.45, 7) is 5.77. The number of carbonyl (C=O) groups excluding carboxylic acids is 1. The molecule has 0 aliphatic rings. The summed E-state index contributed by atoms with van der Waals surface area (Å²) in [6.07, 6.45) is 2.15. The molecule has 3 aromatic rings. The van der Waals surface area contributed by atoms with Crippen molar-refractivity contribution in [2.75, 3.05) is 14.2 Å². The first kappa shape index (κ1) is 19.5. The molecule has 0 N–H and O–H groups in total. The van der Waals surface area contributed by atoms with Crippen LogP contribution < -0.4 is 9.47 Å². The average molecular weight is 376 g/mol. The molecule has 3 rings (SSSR count). The molecule has 1 aromatic heterocycles. The molecule has 28 heavy (non-hydrogen) atoms. The van der Waals surface area contributed by atoms with Crippen molar-refractivity contribution in [1.29, 1.82) is 0 Å². The van der Waals surface area contributed by atoms with E-state index in [-0.39, 0.29) is 5.78 Å². The molecular weight excluding hydrogens is 352 g/mol. The molecule has 4 heteroatoms. The first-order chi connectivity index (χ1) is 13.5. The predicted molar refractivity (Wildman–Crippen MR) is 109 cm³/mol. The van der Waals surface area contributed by atoms with Crippen LogP contribution in [-0.4, -0.2) is 20.0 Å². The average Bonchev–Trinajstić information content (AvgIpc) is 3.18. The third-order valence-corrected chi connectivity index (χ3v) is 4.93. The fourth-order valence-corrected chi connectivity index (χ4v) is 3.44. The van der Waals surface area contributed by atoms with Crippen LogP contribution in [-0.2, 0) is 5.41 Å². The van der Waals surface area contributed by atoms with Crippen molar-refractivity contribution in [3.05, 3.63) is 96.0 Å². The zero-order valence-corrected chi connectivity index (χ0v) is 16.4. The molecule has 4 nitrogen and oxygen atoms in total. The quantitative estimate of drug-likeness (QED) is 0.393. The van der Waals surface area contributed by atoms with Crippen LogP contribution in [0, 0.1) is 6.92 Å². The number of benzene rings is 2. The summed E-state index contributed by atoms with van der Waals surface area (Å²) in [5, 5.41) is 0. The van der Waals surface area contributed by atoms with Gasteiger partial charge in [-0.2, -0.15) is 0 Å². The molecule has 144 valence electrons. The number of allylic oxidation sites excluding steroid dienone is 1. The number of ether oxygens (including phenoxy) is 2. The number of hydrogen-bond acceptors (Lipinski definition) is 4. The van der Waals surface area contributed by atoms with Crippen LogP contribution >= 0.6 is 0 Å². The maximum atomic E-state index is 13.8. The van der Waals surface area contributed by atoms with E-state index in [9.17, 15) is 4.79 Å². The molecular formula is C24H24O4. The maximum absolute atomic E-state index is 13.8. The van der Waals surface area contributed by atoms with E-state index in [1.165, 1.54) is 0 Å². The van der Waals surface area contributed by atoms with Gasteiger partial charge in [0, 0.05) is 5.56 Å². The van der Waals surface area contributed by atoms with Crippen molar-refractivity contribution < 1.29 is 18.7 Å². The highest BCUT2D eigenvalue weighted by atomic mass is 16.5. The van der Waals surface area contributed by atoms with Gasteiger partial charge in [0.25, 0.3) is 0 Å². The first-order valence-corrected chi connectivity index (χ1v) is 9.06. The highest BCUT2D eigenvalue weighted by Gasteiger charge is 2.44. The summed E-state index contributed by atoms with van der Waals surface area (Å²) >= 11 is 0. The summed E-state index contributed by atoms with van der Waals surface area (Å²) in [6, 6.07) is 18.4. The Morgan fingerprint density at radius 1 is 0.964 bits per heavy atom. The Hall–Kier alpha value is -3.27. The number of aryl methyl sites for hydroxylation is 1. The van der Waals surface area contributed by atoms with Gasteiger partial charge in [0.15, 0.2) is 5.78 Å². The molecule has 0 bridgehead atoms. The maximum Gasteiger partial charge on any atom is 0.181 e. The summed E-state index contributed by atoms with van der Waals surface area (Å²) in [5.74, 6) is 2.71. The van der Waals surface area contributed by atoms with Gasteiger partial charge in [-0.1, -0.05) is 18.2 Å². The number of ketones is 1. The molecule has 2 aromatic carbocycles. The van der Waals surface area contributed by atoms with E-state index in [2.05, 4.69) is 6.58 Å². The molecule has 0 radical (unpaired) electrons. The lowest BCUT2D eigenvalue weighted by Crippen LogP contribution is -2.36. The molecule has 0 saturated carbocycles. The van der Waals surface area contributed by atoms with Crippen LogP contribution in [0.25, 0.3) is 0 Å². The van der Waals surface area contributed by atoms with Crippen molar-refractivity contribution in [1.82, 2.24) is 0 Å². The minimum atomic E-state index is -1.02. The summed E-state index contributed by atoms with van der Waals surface area (Å²) in [4.78, 5) is 13.8. The van der Waals surface area contributed by atoms with E-state index >= 15 is 0 Å². The number of methoxy groups -OCH3 is 2. The number of hydrogen-bond donors (Lipinski definition) is 0. The molecule has 0 spiro atoms. The molecule has 0 aliphatic carbocycles. The van der Waals surface area contributed by atoms with Crippen LogP contribution in [0.5, 0.6) is 11.5 Å². The molecule has 1 heterocycles. The van der Waals surface area contributed by atoms with Gasteiger partial charge in [-0.3, -0.25) is 4.79 Å². The van der Waals surface area contributed by atoms with Crippen molar-refractivity contribution in [2.24, 2.45) is 0 Å². The number of furan rings is 1. The van der Waals surface area contributed by atoms with E-state index in [1.807, 2.05) is 43.3 Å². The zero-order valence-electron chi connectivity index (χ0n) is 16.4. The summed E-state index contributed by atoms with van der Waals surface area (Å²) in [5.41, 5.74) is 0.382. The van der Waals surface area contributed by atoms with Crippen molar-refractivity contribution >= 4 is 5.78 Å². The van der Waals surface area contributed by atoms with Crippen LogP contribution in [0.15, 0.2) is 77.7 Å². The molecule has 0 saturated heterocycles. The third kappa shape index (κ3) is 3.46. The van der Waals surface area contributed by atoms with Gasteiger partial charge in [-0.25, -0.2) is 0 Å². The fraction of sp³-hybridized carbons (Fsp3) is 0.208. The predicted octanol–water partition coefficient (Wildman–Crippen LogP) is 5.35. The standard InChI is InChI=1S/C24H24O4/c1-5-16-24(22-15-6-17(2)28-22,19-9-13-21(27-4)14-10-19)23(25)18-7-11-20(26-3)12-8-18/h5-15H,1,16H2,2-4H3. The Kier molecular flexibility index (Phi) is 5.69. The van der Waals surface area contributed by atoms with Crippen LogP contribution in [0.4, 0.5) is 0 Å². The van der Waals surface area contributed by atoms with Crippen LogP contribution in [0.3, 0.4) is 0 Å². The molecule has 0 amide bonds. The van der Waals surface area contributed by atoms with E-state index in [1.54, 1.807) is 44.6 Å². The van der Waals surface area contributed by atoms with Gasteiger partial charge in [0.1, 0.15) is 28.4 Å². The summed E-state index contributed by atoms with van der Waals surface area (Å²) < 4.78 is 16.5. The minimum Gasteiger partial charge on any atom is -0.497 e. The highest BCUT2D eigenvalue weighted by molar-refractivity contribution is 6.06. The molecule has 1 unspecified atom stereocenters. The Morgan fingerprint density at radius 3 is 2.00 bits per heavy atom. The van der Waals surface area contributed by atoms with E-state index in [0.29, 0.717) is 23.5 Å². The highest BCUT2D eigenvalue weighted by Crippen LogP contribution is 2.41. The van der Waals surface area contributed by atoms with Crippen LogP contribution in [0.1, 0.15) is 33.9 Å². The molecule has 0 fully saturated rings. The lowest BCUT2D eigenvalue weighted by Gasteiger charge is -2.30. The fourth-order valence-electron chi connectivity index (χ4n) is 3.44. The monoisotopic (exact) mass is 376 g/mol. The second kappa shape index (κ2) is 8.17. The van der Waals surface area contributed by atoms with Crippen molar-refractivity contribution in [3.8, 4) is 11.5 Å². The lowest BCUT2D eigenvalue weighted by atomic mass is 9.70. The Morgan fingerprint density at radius 2 is 1.54 bits per heavy atom. The number of Topliss-reactive ketones (excluding diaryl/α,β-unsaturated/α-hetero) is 1. The second-order valence-corrected chi connectivity index (χ2v) is 6.59. The van der Waals surface area contributed by atoms with Crippen molar-refractivity contribution in [2.45, 2.75) is 18.8 Å². The largest absolute Gasteiger partial charge is 0.497 e. The smallest absolute Gasteiger partial charge is 0.181 e. The summed E-state index contributed by atoms with van der Waals surface area (Å²) in [7, 11) is 3.21. The lowest BCUT2D eigenvalue weighted by molar-refractivity contribution is 0.0896.